The first-order chi connectivity index (χ1) is 4.93. The molecule has 62 valence electrons. The Morgan fingerprint density at radius 1 is 1.55 bits per heavy atom. The van der Waals surface area contributed by atoms with Gasteiger partial charge in [-0.1, -0.05) is 0 Å². The van der Waals surface area contributed by atoms with E-state index in [9.17, 15) is 13.2 Å². The van der Waals surface area contributed by atoms with Crippen molar-refractivity contribution in [3.05, 3.63) is 16.6 Å². The van der Waals surface area contributed by atoms with Crippen LogP contribution in [0.1, 0.15) is 5.69 Å². The quantitative estimate of drug-likeness (QED) is 0.666. The lowest BCUT2D eigenvalue weighted by atomic mass is 10.5. The summed E-state index contributed by atoms with van der Waals surface area (Å²) in [4.78, 5) is 3.18. The summed E-state index contributed by atoms with van der Waals surface area (Å²) < 4.78 is 37.1. The molecule has 0 fully saturated rings. The first-order valence-electron chi connectivity index (χ1n) is 2.67. The minimum absolute atomic E-state index is 0.0509. The second-order valence-corrected chi connectivity index (χ2v) is 2.74. The maximum Gasteiger partial charge on any atom is 0.436 e. The van der Waals surface area contributed by atoms with E-state index in [1.165, 1.54) is 11.6 Å². The molecule has 0 aliphatic rings. The standard InChI is InChI=1S/C5H4BrF3N2/c1-11-2-10-3(4(11)6)5(7,8)9/h2H,1H3. The highest BCUT2D eigenvalue weighted by Crippen LogP contribution is 2.32. The Morgan fingerprint density at radius 3 is 2.27 bits per heavy atom. The van der Waals surface area contributed by atoms with E-state index >= 15 is 0 Å². The summed E-state index contributed by atoms with van der Waals surface area (Å²) in [6, 6.07) is 0. The lowest BCUT2D eigenvalue weighted by molar-refractivity contribution is -0.141. The fourth-order valence-electron chi connectivity index (χ4n) is 0.605. The molecule has 11 heavy (non-hydrogen) atoms. The predicted molar refractivity (Wildman–Crippen MR) is 35.9 cm³/mol. The van der Waals surface area contributed by atoms with Gasteiger partial charge in [-0.05, 0) is 15.9 Å². The molecular weight excluding hydrogens is 225 g/mol. The molecule has 0 N–H and O–H groups in total. The predicted octanol–water partition coefficient (Wildman–Crippen LogP) is 2.20. The van der Waals surface area contributed by atoms with Gasteiger partial charge in [0.05, 0.1) is 6.33 Å². The zero-order valence-corrected chi connectivity index (χ0v) is 7.07. The first-order valence-corrected chi connectivity index (χ1v) is 3.46. The summed E-state index contributed by atoms with van der Waals surface area (Å²) in [6.07, 6.45) is -3.27. The highest BCUT2D eigenvalue weighted by Gasteiger charge is 2.36. The van der Waals surface area contributed by atoms with Gasteiger partial charge >= 0.3 is 6.18 Å². The van der Waals surface area contributed by atoms with Crippen LogP contribution in [-0.2, 0) is 13.2 Å². The number of halogens is 4. The van der Waals surface area contributed by atoms with Crippen molar-refractivity contribution in [2.75, 3.05) is 0 Å². The SMILES string of the molecule is Cn1cnc(C(F)(F)F)c1Br. The van der Waals surface area contributed by atoms with Crippen molar-refractivity contribution in [3.63, 3.8) is 0 Å². The van der Waals surface area contributed by atoms with Crippen LogP contribution in [0, 0.1) is 0 Å². The normalized spacial score (nSPS) is 12.1. The van der Waals surface area contributed by atoms with E-state index in [0.29, 0.717) is 0 Å². The van der Waals surface area contributed by atoms with E-state index in [1.807, 2.05) is 0 Å². The third-order valence-corrected chi connectivity index (χ3v) is 2.07. The molecule has 1 aromatic rings. The van der Waals surface area contributed by atoms with Crippen molar-refractivity contribution in [2.45, 2.75) is 6.18 Å². The minimum atomic E-state index is -4.37. The number of alkyl halides is 3. The van der Waals surface area contributed by atoms with Crippen LogP contribution in [0.5, 0.6) is 0 Å². The Hall–Kier alpha value is -0.520. The third kappa shape index (κ3) is 1.55. The van der Waals surface area contributed by atoms with Gasteiger partial charge in [-0.3, -0.25) is 0 Å². The number of hydrogen-bond donors (Lipinski definition) is 0. The van der Waals surface area contributed by atoms with Crippen LogP contribution in [0.25, 0.3) is 0 Å². The molecule has 1 heterocycles. The van der Waals surface area contributed by atoms with Gasteiger partial charge in [0.25, 0.3) is 0 Å². The highest BCUT2D eigenvalue weighted by atomic mass is 79.9. The van der Waals surface area contributed by atoms with Gasteiger partial charge in [0.2, 0.25) is 0 Å². The fraction of sp³-hybridized carbons (Fsp3) is 0.400. The van der Waals surface area contributed by atoms with Gasteiger partial charge in [-0.15, -0.1) is 0 Å². The summed E-state index contributed by atoms with van der Waals surface area (Å²) in [7, 11) is 1.48. The Balaban J connectivity index is 3.15. The lowest BCUT2D eigenvalue weighted by Crippen LogP contribution is -2.06. The molecule has 0 saturated carbocycles. The van der Waals surface area contributed by atoms with Crippen molar-refractivity contribution >= 4 is 15.9 Å². The Morgan fingerprint density at radius 2 is 2.09 bits per heavy atom. The largest absolute Gasteiger partial charge is 0.436 e. The molecule has 0 aromatic carbocycles. The maximum absolute atomic E-state index is 12.0. The summed E-state index contributed by atoms with van der Waals surface area (Å²) in [5, 5.41) is 0. The molecule has 0 saturated heterocycles. The summed E-state index contributed by atoms with van der Waals surface area (Å²) in [5.74, 6) is 0. The van der Waals surface area contributed by atoms with Gasteiger partial charge in [0.15, 0.2) is 5.69 Å². The van der Waals surface area contributed by atoms with Crippen LogP contribution in [0.3, 0.4) is 0 Å². The Kier molecular flexibility index (Phi) is 1.96. The number of aryl methyl sites for hydroxylation is 1. The number of nitrogens with zero attached hydrogens (tertiary/aromatic N) is 2. The monoisotopic (exact) mass is 228 g/mol. The molecule has 0 atom stereocenters. The fourth-order valence-corrected chi connectivity index (χ4v) is 1.02. The van der Waals surface area contributed by atoms with Crippen LogP contribution in [0.15, 0.2) is 10.9 Å². The number of aromatic nitrogens is 2. The van der Waals surface area contributed by atoms with Gasteiger partial charge in [-0.25, -0.2) is 4.98 Å². The molecule has 1 aromatic heterocycles. The van der Waals surface area contributed by atoms with E-state index in [0.717, 1.165) is 6.33 Å². The zero-order valence-electron chi connectivity index (χ0n) is 5.48. The smallest absolute Gasteiger partial charge is 0.328 e. The van der Waals surface area contributed by atoms with Crippen LogP contribution in [0.4, 0.5) is 13.2 Å². The van der Waals surface area contributed by atoms with Gasteiger partial charge in [0.1, 0.15) is 4.60 Å². The van der Waals surface area contributed by atoms with Gasteiger partial charge in [-0.2, -0.15) is 13.2 Å². The molecule has 0 aliphatic heterocycles. The summed E-state index contributed by atoms with van der Waals surface area (Å²) in [6.45, 7) is 0. The van der Waals surface area contributed by atoms with Crippen molar-refractivity contribution in [1.29, 1.82) is 0 Å². The van der Waals surface area contributed by atoms with Crippen LogP contribution < -0.4 is 0 Å². The topological polar surface area (TPSA) is 17.8 Å². The van der Waals surface area contributed by atoms with Gasteiger partial charge < -0.3 is 4.57 Å². The van der Waals surface area contributed by atoms with E-state index in [-0.39, 0.29) is 4.60 Å². The molecule has 0 unspecified atom stereocenters. The Labute approximate surface area is 69.2 Å². The van der Waals surface area contributed by atoms with Crippen LogP contribution in [0.2, 0.25) is 0 Å². The van der Waals surface area contributed by atoms with Crippen molar-refractivity contribution in [1.82, 2.24) is 9.55 Å². The molecule has 0 radical (unpaired) electrons. The van der Waals surface area contributed by atoms with Crippen molar-refractivity contribution < 1.29 is 13.2 Å². The molecule has 0 spiro atoms. The molecule has 2 nitrogen and oxygen atoms in total. The molecule has 0 amide bonds. The van der Waals surface area contributed by atoms with E-state index in [2.05, 4.69) is 20.9 Å². The molecule has 6 heteroatoms. The van der Waals surface area contributed by atoms with E-state index < -0.39 is 11.9 Å². The van der Waals surface area contributed by atoms with Crippen LogP contribution in [-0.4, -0.2) is 9.55 Å². The third-order valence-electron chi connectivity index (χ3n) is 1.13. The minimum Gasteiger partial charge on any atom is -0.328 e. The van der Waals surface area contributed by atoms with E-state index in [4.69, 9.17) is 0 Å². The van der Waals surface area contributed by atoms with E-state index in [1.54, 1.807) is 0 Å². The molecule has 0 aliphatic carbocycles. The number of rotatable bonds is 0. The lowest BCUT2D eigenvalue weighted by Gasteiger charge is -2.02. The van der Waals surface area contributed by atoms with Crippen molar-refractivity contribution in [3.8, 4) is 0 Å². The average Bonchev–Trinajstić information content (AvgIpc) is 2.11. The molecule has 0 bridgehead atoms. The highest BCUT2D eigenvalue weighted by molar-refractivity contribution is 9.10. The van der Waals surface area contributed by atoms with Crippen LogP contribution >= 0.6 is 15.9 Å². The summed E-state index contributed by atoms with van der Waals surface area (Å²) in [5.41, 5.74) is -0.889. The first kappa shape index (κ1) is 8.58. The zero-order chi connectivity index (χ0) is 8.65. The van der Waals surface area contributed by atoms with Crippen molar-refractivity contribution in [2.24, 2.45) is 7.05 Å². The summed E-state index contributed by atoms with van der Waals surface area (Å²) >= 11 is 2.77. The molecule has 1 rings (SSSR count). The average molecular weight is 229 g/mol. The second-order valence-electron chi connectivity index (χ2n) is 1.99. The number of imidazole rings is 1. The maximum atomic E-state index is 12.0. The van der Waals surface area contributed by atoms with Gasteiger partial charge in [0, 0.05) is 7.05 Å². The molecular formula is C5H4BrF3N2. The second kappa shape index (κ2) is 2.51. The number of hydrogen-bond acceptors (Lipinski definition) is 1. The Bertz CT molecular complexity index is 265.